The van der Waals surface area contributed by atoms with E-state index in [4.69, 9.17) is 9.79 Å². The molecule has 0 bridgehead atoms. The summed E-state index contributed by atoms with van der Waals surface area (Å²) in [7, 11) is -5.17. The van der Waals surface area contributed by atoms with E-state index < -0.39 is 67.7 Å². The number of rotatable bonds is 6. The van der Waals surface area contributed by atoms with Gasteiger partial charge in [0.2, 0.25) is 11.7 Å². The standard InChI is InChI=1S/C16H15F6N4O5P/c17-10-6-12(19)11(18)4-8(10)3-9(31-32(28,29)30)5-14(27)25-1-2-26-13(7-25)23-24-15(26)16(20,21)22/h4,6,9H,1-3,5,7H2,(H2,28,29,30)/t9-/m1/s1. The highest BCUT2D eigenvalue weighted by molar-refractivity contribution is 7.46. The molecule has 3 rings (SSSR count). The molecule has 1 atom stereocenters. The fourth-order valence-electron chi connectivity index (χ4n) is 3.21. The van der Waals surface area contributed by atoms with E-state index in [0.717, 1.165) is 9.47 Å². The highest BCUT2D eigenvalue weighted by atomic mass is 31.2. The number of amides is 1. The van der Waals surface area contributed by atoms with Gasteiger partial charge in [0.25, 0.3) is 0 Å². The monoisotopic (exact) mass is 488 g/mol. The fraction of sp³-hybridized carbons (Fsp3) is 0.438. The quantitative estimate of drug-likeness (QED) is 0.364. The Bertz CT molecular complexity index is 1070. The molecule has 2 aromatic rings. The molecule has 1 aromatic carbocycles. The van der Waals surface area contributed by atoms with Crippen molar-refractivity contribution >= 4 is 13.7 Å². The van der Waals surface area contributed by atoms with Crippen molar-refractivity contribution in [2.75, 3.05) is 6.54 Å². The minimum atomic E-state index is -5.17. The van der Waals surface area contributed by atoms with Crippen LogP contribution in [0.25, 0.3) is 0 Å². The molecular formula is C16H15F6N4O5P. The number of halogens is 6. The number of phosphoric acid groups is 1. The molecule has 0 aliphatic carbocycles. The first-order chi connectivity index (χ1) is 14.7. The third kappa shape index (κ3) is 5.65. The van der Waals surface area contributed by atoms with Crippen LogP contribution in [0.15, 0.2) is 12.1 Å². The van der Waals surface area contributed by atoms with Gasteiger partial charge in [-0.1, -0.05) is 0 Å². The Labute approximate surface area is 175 Å². The number of fused-ring (bicyclic) bond motifs is 1. The first-order valence-electron chi connectivity index (χ1n) is 8.89. The van der Waals surface area contributed by atoms with Crippen molar-refractivity contribution in [2.24, 2.45) is 0 Å². The third-order valence-electron chi connectivity index (χ3n) is 4.59. The Morgan fingerprint density at radius 1 is 1.12 bits per heavy atom. The zero-order valence-corrected chi connectivity index (χ0v) is 16.8. The van der Waals surface area contributed by atoms with Crippen LogP contribution in [0.1, 0.15) is 23.6 Å². The van der Waals surface area contributed by atoms with E-state index in [1.165, 1.54) is 0 Å². The molecule has 1 amide bonds. The molecule has 0 saturated heterocycles. The van der Waals surface area contributed by atoms with Gasteiger partial charge < -0.3 is 19.3 Å². The SMILES string of the molecule is O=C(C[C@@H](Cc1cc(F)c(F)cc1F)OP(=O)(O)O)N1CCn2c(nnc2C(F)(F)F)C1. The Hall–Kier alpha value is -2.48. The largest absolute Gasteiger partial charge is 0.469 e. The summed E-state index contributed by atoms with van der Waals surface area (Å²) in [5, 5.41) is 6.48. The van der Waals surface area contributed by atoms with Crippen molar-refractivity contribution in [3.05, 3.63) is 46.8 Å². The Morgan fingerprint density at radius 3 is 2.41 bits per heavy atom. The molecule has 2 N–H and O–H groups in total. The number of hydrogen-bond donors (Lipinski definition) is 2. The van der Waals surface area contributed by atoms with E-state index in [9.17, 15) is 35.7 Å². The first kappa shape index (κ1) is 24.2. The average molecular weight is 488 g/mol. The van der Waals surface area contributed by atoms with Crippen molar-refractivity contribution in [1.29, 1.82) is 0 Å². The summed E-state index contributed by atoms with van der Waals surface area (Å²) in [6, 6.07) is 0.698. The number of carbonyl (C=O) groups excluding carboxylic acids is 1. The summed E-state index contributed by atoms with van der Waals surface area (Å²) in [4.78, 5) is 31.8. The van der Waals surface area contributed by atoms with Crippen molar-refractivity contribution in [1.82, 2.24) is 19.7 Å². The van der Waals surface area contributed by atoms with Crippen LogP contribution in [0.2, 0.25) is 0 Å². The molecule has 0 spiro atoms. The van der Waals surface area contributed by atoms with E-state index in [1.54, 1.807) is 0 Å². The number of phosphoric ester groups is 1. The van der Waals surface area contributed by atoms with Crippen LogP contribution in [-0.2, 0) is 39.6 Å². The van der Waals surface area contributed by atoms with E-state index in [-0.39, 0.29) is 31.5 Å². The second kappa shape index (κ2) is 8.81. The van der Waals surface area contributed by atoms with Crippen molar-refractivity contribution in [2.45, 2.75) is 38.2 Å². The van der Waals surface area contributed by atoms with Crippen LogP contribution in [0.4, 0.5) is 26.3 Å². The molecule has 1 aromatic heterocycles. The van der Waals surface area contributed by atoms with Crippen molar-refractivity contribution in [3.8, 4) is 0 Å². The summed E-state index contributed by atoms with van der Waals surface area (Å²) >= 11 is 0. The predicted molar refractivity (Wildman–Crippen MR) is 92.0 cm³/mol. The molecule has 1 aliphatic rings. The van der Waals surface area contributed by atoms with Gasteiger partial charge in [-0.15, -0.1) is 10.2 Å². The van der Waals surface area contributed by atoms with Crippen LogP contribution in [0.3, 0.4) is 0 Å². The van der Waals surface area contributed by atoms with E-state index >= 15 is 0 Å². The topological polar surface area (TPSA) is 118 Å². The molecule has 2 heterocycles. The van der Waals surface area contributed by atoms with Gasteiger partial charge in [0.05, 0.1) is 19.1 Å². The van der Waals surface area contributed by atoms with Gasteiger partial charge in [0.15, 0.2) is 17.5 Å². The van der Waals surface area contributed by atoms with Gasteiger partial charge in [-0.05, 0) is 11.6 Å². The lowest BCUT2D eigenvalue weighted by atomic mass is 10.0. The van der Waals surface area contributed by atoms with Crippen LogP contribution < -0.4 is 0 Å². The Balaban J connectivity index is 1.75. The third-order valence-corrected chi connectivity index (χ3v) is 5.16. The minimum absolute atomic E-state index is 0.156. The maximum absolute atomic E-state index is 13.9. The second-order valence-electron chi connectivity index (χ2n) is 6.89. The summed E-state index contributed by atoms with van der Waals surface area (Å²) in [5.74, 6) is -6.30. The zero-order chi connectivity index (χ0) is 23.8. The molecule has 0 fully saturated rings. The van der Waals surface area contributed by atoms with Gasteiger partial charge in [-0.25, -0.2) is 17.7 Å². The smallest absolute Gasteiger partial charge is 0.333 e. The molecule has 16 heteroatoms. The highest BCUT2D eigenvalue weighted by Gasteiger charge is 2.40. The van der Waals surface area contributed by atoms with Crippen molar-refractivity contribution in [3.63, 3.8) is 0 Å². The number of carbonyl (C=O) groups is 1. The molecule has 32 heavy (non-hydrogen) atoms. The van der Waals surface area contributed by atoms with Gasteiger partial charge in [0, 0.05) is 25.6 Å². The number of alkyl halides is 3. The highest BCUT2D eigenvalue weighted by Crippen LogP contribution is 2.39. The van der Waals surface area contributed by atoms with Gasteiger partial charge in [0.1, 0.15) is 5.82 Å². The van der Waals surface area contributed by atoms with Crippen LogP contribution in [0.5, 0.6) is 0 Å². The van der Waals surface area contributed by atoms with Crippen LogP contribution in [0, 0.1) is 17.5 Å². The lowest BCUT2D eigenvalue weighted by Crippen LogP contribution is -2.41. The lowest BCUT2D eigenvalue weighted by Gasteiger charge is -2.29. The number of hydrogen-bond acceptors (Lipinski definition) is 5. The number of nitrogens with zero attached hydrogens (tertiary/aromatic N) is 4. The van der Waals surface area contributed by atoms with Crippen LogP contribution in [-0.4, -0.2) is 48.0 Å². The summed E-state index contributed by atoms with van der Waals surface area (Å²) < 4.78 is 95.7. The molecule has 0 saturated carbocycles. The molecule has 1 aliphatic heterocycles. The molecule has 9 nitrogen and oxygen atoms in total. The first-order valence-corrected chi connectivity index (χ1v) is 10.4. The normalized spacial score (nSPS) is 15.6. The molecule has 0 unspecified atom stereocenters. The molecular weight excluding hydrogens is 473 g/mol. The fourth-order valence-corrected chi connectivity index (χ4v) is 3.75. The van der Waals surface area contributed by atoms with Gasteiger partial charge in [-0.2, -0.15) is 13.2 Å². The van der Waals surface area contributed by atoms with Crippen molar-refractivity contribution < 1.29 is 50.0 Å². The predicted octanol–water partition coefficient (Wildman–Crippen LogP) is 2.17. The molecule has 176 valence electrons. The van der Waals surface area contributed by atoms with Crippen LogP contribution >= 0.6 is 7.82 Å². The maximum atomic E-state index is 13.9. The number of aromatic nitrogens is 3. The Kier molecular flexibility index (Phi) is 6.65. The zero-order valence-electron chi connectivity index (χ0n) is 15.9. The van der Waals surface area contributed by atoms with Gasteiger partial charge >= 0.3 is 14.0 Å². The summed E-state index contributed by atoms with van der Waals surface area (Å²) in [6.07, 6.45) is -7.81. The summed E-state index contributed by atoms with van der Waals surface area (Å²) in [6.45, 7) is -0.857. The average Bonchev–Trinajstić information content (AvgIpc) is 3.08. The van der Waals surface area contributed by atoms with E-state index in [0.29, 0.717) is 6.07 Å². The van der Waals surface area contributed by atoms with Gasteiger partial charge in [-0.3, -0.25) is 9.32 Å². The maximum Gasteiger partial charge on any atom is 0.469 e. The molecule has 0 radical (unpaired) electrons. The summed E-state index contributed by atoms with van der Waals surface area (Å²) in [5.41, 5.74) is -0.497. The Morgan fingerprint density at radius 2 is 1.78 bits per heavy atom. The van der Waals surface area contributed by atoms with E-state index in [1.807, 2.05) is 0 Å². The lowest BCUT2D eigenvalue weighted by molar-refractivity contribution is -0.148. The number of benzene rings is 1. The van der Waals surface area contributed by atoms with E-state index in [2.05, 4.69) is 14.7 Å². The second-order valence-corrected chi connectivity index (χ2v) is 8.08. The minimum Gasteiger partial charge on any atom is -0.333 e.